The molecule has 0 saturated heterocycles. The molecular weight excluding hydrogens is 269 g/mol. The molecule has 2 rings (SSSR count). The van der Waals surface area contributed by atoms with Gasteiger partial charge in [-0.1, -0.05) is 30.3 Å². The summed E-state index contributed by atoms with van der Waals surface area (Å²) in [5, 5.41) is 0. The second-order valence-electron chi connectivity index (χ2n) is 5.27. The first-order valence-electron chi connectivity index (χ1n) is 6.49. The van der Waals surface area contributed by atoms with E-state index < -0.39 is 24.2 Å². The van der Waals surface area contributed by atoms with Gasteiger partial charge in [0.25, 0.3) is 0 Å². The molecule has 2 N–H and O–H groups in total. The molecule has 6 heteroatoms. The van der Waals surface area contributed by atoms with Crippen LogP contribution in [0.25, 0.3) is 0 Å². The summed E-state index contributed by atoms with van der Waals surface area (Å²) in [6.07, 6.45) is -2.73. The Morgan fingerprint density at radius 2 is 1.85 bits per heavy atom. The zero-order valence-corrected chi connectivity index (χ0v) is 11.0. The van der Waals surface area contributed by atoms with Crippen LogP contribution >= 0.6 is 0 Å². The fourth-order valence-corrected chi connectivity index (χ4v) is 2.31. The average molecular weight is 286 g/mol. The van der Waals surface area contributed by atoms with Crippen LogP contribution in [0.3, 0.4) is 0 Å². The Labute approximate surface area is 115 Å². The smallest absolute Gasteiger partial charge is 0.328 e. The van der Waals surface area contributed by atoms with Crippen LogP contribution < -0.4 is 5.73 Å². The summed E-state index contributed by atoms with van der Waals surface area (Å²) in [5.74, 6) is -0.607. The lowest BCUT2D eigenvalue weighted by Gasteiger charge is -2.40. The molecular formula is C14H17F3N2O. The largest absolute Gasteiger partial charge is 0.406 e. The van der Waals surface area contributed by atoms with E-state index in [0.29, 0.717) is 18.4 Å². The minimum Gasteiger partial charge on any atom is -0.328 e. The van der Waals surface area contributed by atoms with Crippen LogP contribution in [0, 0.1) is 0 Å². The Morgan fingerprint density at radius 3 is 2.30 bits per heavy atom. The monoisotopic (exact) mass is 286 g/mol. The van der Waals surface area contributed by atoms with Crippen LogP contribution in [0.2, 0.25) is 0 Å². The van der Waals surface area contributed by atoms with E-state index in [-0.39, 0.29) is 6.54 Å². The number of halogens is 3. The van der Waals surface area contributed by atoms with E-state index >= 15 is 0 Å². The number of carbonyl (C=O) groups is 1. The van der Waals surface area contributed by atoms with Crippen molar-refractivity contribution < 1.29 is 18.0 Å². The maximum atomic E-state index is 12.6. The molecule has 1 aliphatic carbocycles. The number of hydrogen-bond acceptors (Lipinski definition) is 2. The highest BCUT2D eigenvalue weighted by molar-refractivity contribution is 5.87. The number of benzene rings is 1. The van der Waals surface area contributed by atoms with Crippen molar-refractivity contribution in [2.75, 3.05) is 6.54 Å². The molecule has 0 radical (unpaired) electrons. The fraction of sp³-hybridized carbons (Fsp3) is 0.500. The van der Waals surface area contributed by atoms with Crippen molar-refractivity contribution in [2.45, 2.75) is 37.5 Å². The summed E-state index contributed by atoms with van der Waals surface area (Å²) in [6.45, 7) is -1.34. The number of hydrogen-bond donors (Lipinski definition) is 1. The van der Waals surface area contributed by atoms with Gasteiger partial charge in [-0.15, -0.1) is 0 Å². The maximum absolute atomic E-state index is 12.6. The standard InChI is InChI=1S/C14H17F3N2O/c15-14(16,17)10-19(9-11-5-2-1-3-6-11)12(20)13(18)7-4-8-13/h1-3,5-6H,4,7-10,18H2. The van der Waals surface area contributed by atoms with E-state index in [0.717, 1.165) is 11.3 Å². The third-order valence-electron chi connectivity index (χ3n) is 3.55. The van der Waals surface area contributed by atoms with Crippen molar-refractivity contribution >= 4 is 5.91 Å². The topological polar surface area (TPSA) is 46.3 Å². The molecule has 1 aromatic carbocycles. The van der Waals surface area contributed by atoms with Gasteiger partial charge < -0.3 is 10.6 Å². The molecule has 1 aromatic rings. The van der Waals surface area contributed by atoms with Gasteiger partial charge in [0.1, 0.15) is 6.54 Å². The molecule has 1 amide bonds. The van der Waals surface area contributed by atoms with E-state index in [9.17, 15) is 18.0 Å². The Balaban J connectivity index is 2.14. The lowest BCUT2D eigenvalue weighted by Crippen LogP contribution is -2.60. The van der Waals surface area contributed by atoms with Gasteiger partial charge in [-0.05, 0) is 24.8 Å². The molecule has 110 valence electrons. The number of nitrogens with two attached hydrogens (primary N) is 1. The van der Waals surface area contributed by atoms with Gasteiger partial charge in [0.05, 0.1) is 5.54 Å². The molecule has 0 bridgehead atoms. The molecule has 0 aliphatic heterocycles. The lowest BCUT2D eigenvalue weighted by atomic mass is 9.76. The van der Waals surface area contributed by atoms with Crippen molar-refractivity contribution in [3.63, 3.8) is 0 Å². The van der Waals surface area contributed by atoms with Gasteiger partial charge in [-0.2, -0.15) is 13.2 Å². The van der Waals surface area contributed by atoms with E-state index in [1.54, 1.807) is 30.3 Å². The number of amides is 1. The van der Waals surface area contributed by atoms with Crippen LogP contribution in [-0.4, -0.2) is 29.1 Å². The molecule has 20 heavy (non-hydrogen) atoms. The van der Waals surface area contributed by atoms with E-state index in [1.165, 1.54) is 0 Å². The Kier molecular flexibility index (Phi) is 4.04. The first-order chi connectivity index (χ1) is 9.30. The molecule has 0 aromatic heterocycles. The summed E-state index contributed by atoms with van der Waals surface area (Å²) >= 11 is 0. The van der Waals surface area contributed by atoms with Gasteiger partial charge in [0.2, 0.25) is 5.91 Å². The molecule has 1 fully saturated rings. The maximum Gasteiger partial charge on any atom is 0.406 e. The van der Waals surface area contributed by atoms with Crippen LogP contribution in [0.4, 0.5) is 13.2 Å². The van der Waals surface area contributed by atoms with Gasteiger partial charge in [0.15, 0.2) is 0 Å². The van der Waals surface area contributed by atoms with E-state index in [1.807, 2.05) is 0 Å². The highest BCUT2D eigenvalue weighted by Gasteiger charge is 2.45. The highest BCUT2D eigenvalue weighted by Crippen LogP contribution is 2.32. The molecule has 1 saturated carbocycles. The van der Waals surface area contributed by atoms with Gasteiger partial charge in [0, 0.05) is 6.54 Å². The van der Waals surface area contributed by atoms with Crippen LogP contribution in [0.1, 0.15) is 24.8 Å². The Morgan fingerprint density at radius 1 is 1.25 bits per heavy atom. The minimum atomic E-state index is -4.43. The summed E-state index contributed by atoms with van der Waals surface area (Å²) in [7, 11) is 0. The number of rotatable bonds is 4. The molecule has 3 nitrogen and oxygen atoms in total. The molecule has 0 unspecified atom stereocenters. The third kappa shape index (κ3) is 3.50. The molecule has 1 aliphatic rings. The minimum absolute atomic E-state index is 0.0713. The van der Waals surface area contributed by atoms with Crippen LogP contribution in [0.15, 0.2) is 30.3 Å². The molecule has 0 heterocycles. The SMILES string of the molecule is NC1(C(=O)N(Cc2ccccc2)CC(F)(F)F)CCC1. The van der Waals surface area contributed by atoms with Gasteiger partial charge >= 0.3 is 6.18 Å². The van der Waals surface area contributed by atoms with Gasteiger partial charge in [-0.25, -0.2) is 0 Å². The van der Waals surface area contributed by atoms with E-state index in [2.05, 4.69) is 0 Å². The van der Waals surface area contributed by atoms with E-state index in [4.69, 9.17) is 5.73 Å². The summed E-state index contributed by atoms with van der Waals surface area (Å²) in [5.41, 5.74) is 5.41. The molecule has 0 atom stereocenters. The van der Waals surface area contributed by atoms with Crippen molar-refractivity contribution in [2.24, 2.45) is 5.73 Å². The fourth-order valence-electron chi connectivity index (χ4n) is 2.31. The Hall–Kier alpha value is -1.56. The Bertz CT molecular complexity index is 469. The number of carbonyl (C=O) groups excluding carboxylic acids is 1. The predicted octanol–water partition coefficient (Wildman–Crippen LogP) is 2.46. The zero-order chi connectivity index (χ0) is 14.8. The molecule has 0 spiro atoms. The predicted molar refractivity (Wildman–Crippen MR) is 68.7 cm³/mol. The van der Waals surface area contributed by atoms with Gasteiger partial charge in [-0.3, -0.25) is 4.79 Å². The second-order valence-corrected chi connectivity index (χ2v) is 5.27. The third-order valence-corrected chi connectivity index (χ3v) is 3.55. The van der Waals surface area contributed by atoms with Crippen molar-refractivity contribution in [3.05, 3.63) is 35.9 Å². The van der Waals surface area contributed by atoms with Crippen molar-refractivity contribution in [1.82, 2.24) is 4.90 Å². The van der Waals surface area contributed by atoms with Crippen molar-refractivity contribution in [3.8, 4) is 0 Å². The normalized spacial score (nSPS) is 17.4. The highest BCUT2D eigenvalue weighted by atomic mass is 19.4. The summed E-state index contributed by atoms with van der Waals surface area (Å²) in [4.78, 5) is 13.0. The van der Waals surface area contributed by atoms with Crippen molar-refractivity contribution in [1.29, 1.82) is 0 Å². The lowest BCUT2D eigenvalue weighted by molar-refractivity contribution is -0.167. The number of nitrogens with zero attached hydrogens (tertiary/aromatic N) is 1. The first-order valence-corrected chi connectivity index (χ1v) is 6.49. The zero-order valence-electron chi connectivity index (χ0n) is 11.0. The summed E-state index contributed by atoms with van der Waals surface area (Å²) in [6, 6.07) is 8.62. The first kappa shape index (κ1) is 14.8. The quantitative estimate of drug-likeness (QED) is 0.924. The second kappa shape index (κ2) is 5.44. The van der Waals surface area contributed by atoms with Crippen LogP contribution in [-0.2, 0) is 11.3 Å². The number of alkyl halides is 3. The van der Waals surface area contributed by atoms with Crippen LogP contribution in [0.5, 0.6) is 0 Å². The average Bonchev–Trinajstić information content (AvgIpc) is 2.34. The summed E-state index contributed by atoms with van der Waals surface area (Å²) < 4.78 is 37.9.